The molecule has 0 aromatic heterocycles. The van der Waals surface area contributed by atoms with Crippen molar-refractivity contribution in [3.63, 3.8) is 0 Å². The Morgan fingerprint density at radius 1 is 0.864 bits per heavy atom. The second-order valence-corrected chi connectivity index (χ2v) is 7.64. The normalized spacial score (nSPS) is 27.7. The van der Waals surface area contributed by atoms with Gasteiger partial charge in [0.15, 0.2) is 0 Å². The standard InChI is InChI=1S/C16H27N3O2S/c20-15(13-5-2-1-3-6-13)18-7-4-8-19(10-9-18)16(21)14-11-22-12-17-14/h13-14,17H,1-12H2. The van der Waals surface area contributed by atoms with Crippen LogP contribution in [0.25, 0.3) is 0 Å². The lowest BCUT2D eigenvalue weighted by Crippen LogP contribution is -2.46. The summed E-state index contributed by atoms with van der Waals surface area (Å²) in [5.74, 6) is 2.54. The van der Waals surface area contributed by atoms with Crippen LogP contribution in [0.3, 0.4) is 0 Å². The average molecular weight is 325 g/mol. The van der Waals surface area contributed by atoms with E-state index < -0.39 is 0 Å². The van der Waals surface area contributed by atoms with Gasteiger partial charge in [-0.1, -0.05) is 19.3 Å². The van der Waals surface area contributed by atoms with Crippen LogP contribution in [0.15, 0.2) is 0 Å². The summed E-state index contributed by atoms with van der Waals surface area (Å²) in [6.45, 7) is 3.00. The van der Waals surface area contributed by atoms with Gasteiger partial charge in [-0.25, -0.2) is 0 Å². The molecule has 3 rings (SSSR count). The van der Waals surface area contributed by atoms with Crippen LogP contribution < -0.4 is 5.32 Å². The van der Waals surface area contributed by atoms with E-state index in [9.17, 15) is 9.59 Å². The van der Waals surface area contributed by atoms with Gasteiger partial charge in [-0.2, -0.15) is 0 Å². The Labute approximate surface area is 137 Å². The first-order chi connectivity index (χ1) is 10.8. The van der Waals surface area contributed by atoms with Gasteiger partial charge in [0.05, 0.1) is 6.04 Å². The van der Waals surface area contributed by atoms with Crippen LogP contribution in [0.1, 0.15) is 38.5 Å². The van der Waals surface area contributed by atoms with E-state index in [1.807, 2.05) is 9.80 Å². The number of carbonyl (C=O) groups is 2. The van der Waals surface area contributed by atoms with Crippen LogP contribution in [0.5, 0.6) is 0 Å². The second-order valence-electron chi connectivity index (χ2n) is 6.61. The molecule has 0 aromatic carbocycles. The van der Waals surface area contributed by atoms with E-state index >= 15 is 0 Å². The van der Waals surface area contributed by atoms with Crippen LogP contribution in [0, 0.1) is 5.92 Å². The van der Waals surface area contributed by atoms with Gasteiger partial charge in [0.1, 0.15) is 0 Å². The molecule has 2 saturated heterocycles. The van der Waals surface area contributed by atoms with Crippen LogP contribution in [0.4, 0.5) is 0 Å². The first-order valence-electron chi connectivity index (χ1n) is 8.64. The number of rotatable bonds is 2. The molecule has 5 nitrogen and oxygen atoms in total. The number of hydrogen-bond acceptors (Lipinski definition) is 4. The Morgan fingerprint density at radius 3 is 2.18 bits per heavy atom. The third-order valence-corrected chi connectivity index (χ3v) is 6.03. The Kier molecular flexibility index (Phi) is 5.63. The molecule has 0 bridgehead atoms. The fraction of sp³-hybridized carbons (Fsp3) is 0.875. The fourth-order valence-electron chi connectivity index (χ4n) is 3.74. The molecule has 3 aliphatic rings. The zero-order valence-electron chi connectivity index (χ0n) is 13.3. The molecule has 0 aromatic rings. The number of nitrogens with zero attached hydrogens (tertiary/aromatic N) is 2. The highest BCUT2D eigenvalue weighted by Gasteiger charge is 2.31. The van der Waals surface area contributed by atoms with Crippen molar-refractivity contribution in [2.75, 3.05) is 37.8 Å². The minimum Gasteiger partial charge on any atom is -0.341 e. The quantitative estimate of drug-likeness (QED) is 0.831. The molecule has 1 unspecified atom stereocenters. The highest BCUT2D eigenvalue weighted by atomic mass is 32.2. The Balaban J connectivity index is 1.52. The van der Waals surface area contributed by atoms with Gasteiger partial charge in [-0.15, -0.1) is 11.8 Å². The molecular weight excluding hydrogens is 298 g/mol. The first-order valence-corrected chi connectivity index (χ1v) is 9.80. The van der Waals surface area contributed by atoms with Crippen molar-refractivity contribution in [2.24, 2.45) is 5.92 Å². The Hall–Kier alpha value is -0.750. The van der Waals surface area contributed by atoms with Crippen LogP contribution in [-0.2, 0) is 9.59 Å². The van der Waals surface area contributed by atoms with E-state index in [2.05, 4.69) is 5.32 Å². The highest BCUT2D eigenvalue weighted by Crippen LogP contribution is 2.26. The summed E-state index contributed by atoms with van der Waals surface area (Å²) < 4.78 is 0. The summed E-state index contributed by atoms with van der Waals surface area (Å²) in [4.78, 5) is 29.1. The molecule has 0 spiro atoms. The van der Waals surface area contributed by atoms with Gasteiger partial charge in [-0.05, 0) is 19.3 Å². The zero-order valence-corrected chi connectivity index (χ0v) is 14.1. The molecule has 1 atom stereocenters. The molecular formula is C16H27N3O2S. The number of hydrogen-bond donors (Lipinski definition) is 1. The number of amides is 2. The Bertz CT molecular complexity index is 406. The van der Waals surface area contributed by atoms with Gasteiger partial charge >= 0.3 is 0 Å². The van der Waals surface area contributed by atoms with Crippen molar-refractivity contribution in [2.45, 2.75) is 44.6 Å². The SMILES string of the molecule is O=C(C1CCCCC1)N1CCCN(C(=O)C2CSCN2)CC1. The number of thioether (sulfide) groups is 1. The maximum absolute atomic E-state index is 12.6. The first kappa shape index (κ1) is 16.1. The smallest absolute Gasteiger partial charge is 0.240 e. The lowest BCUT2D eigenvalue weighted by Gasteiger charge is -2.28. The number of carbonyl (C=O) groups excluding carboxylic acids is 2. The summed E-state index contributed by atoms with van der Waals surface area (Å²) >= 11 is 1.78. The molecule has 1 saturated carbocycles. The molecule has 1 aliphatic carbocycles. The third-order valence-electron chi connectivity index (χ3n) is 5.09. The van der Waals surface area contributed by atoms with Gasteiger partial charge in [0.2, 0.25) is 11.8 Å². The minimum absolute atomic E-state index is 0.0226. The van der Waals surface area contributed by atoms with E-state index in [0.717, 1.165) is 44.0 Å². The topological polar surface area (TPSA) is 52.7 Å². The third kappa shape index (κ3) is 3.77. The summed E-state index contributed by atoms with van der Waals surface area (Å²) in [6, 6.07) is -0.0226. The molecule has 2 aliphatic heterocycles. The summed E-state index contributed by atoms with van der Waals surface area (Å²) in [6.07, 6.45) is 6.69. The largest absolute Gasteiger partial charge is 0.341 e. The number of nitrogens with one attached hydrogen (secondary N) is 1. The average Bonchev–Trinajstić information content (AvgIpc) is 2.99. The van der Waals surface area contributed by atoms with E-state index in [4.69, 9.17) is 0 Å². The van der Waals surface area contributed by atoms with Crippen molar-refractivity contribution < 1.29 is 9.59 Å². The maximum atomic E-state index is 12.6. The van der Waals surface area contributed by atoms with E-state index in [1.165, 1.54) is 19.3 Å². The van der Waals surface area contributed by atoms with Crippen LogP contribution >= 0.6 is 11.8 Å². The molecule has 6 heteroatoms. The molecule has 0 radical (unpaired) electrons. The van der Waals surface area contributed by atoms with E-state index in [0.29, 0.717) is 19.0 Å². The summed E-state index contributed by atoms with van der Waals surface area (Å²) in [7, 11) is 0. The monoisotopic (exact) mass is 325 g/mol. The maximum Gasteiger partial charge on any atom is 0.240 e. The predicted octanol–water partition coefficient (Wildman–Crippen LogP) is 1.29. The molecule has 22 heavy (non-hydrogen) atoms. The van der Waals surface area contributed by atoms with Gasteiger partial charge in [0, 0.05) is 43.7 Å². The second kappa shape index (κ2) is 7.68. The van der Waals surface area contributed by atoms with Crippen molar-refractivity contribution in [1.82, 2.24) is 15.1 Å². The van der Waals surface area contributed by atoms with Gasteiger partial charge in [-0.3, -0.25) is 14.9 Å². The Morgan fingerprint density at radius 2 is 1.55 bits per heavy atom. The van der Waals surface area contributed by atoms with Crippen molar-refractivity contribution in [3.8, 4) is 0 Å². The van der Waals surface area contributed by atoms with Crippen molar-refractivity contribution in [1.29, 1.82) is 0 Å². The van der Waals surface area contributed by atoms with Gasteiger partial charge in [0.25, 0.3) is 0 Å². The molecule has 124 valence electrons. The molecule has 3 fully saturated rings. The minimum atomic E-state index is -0.0226. The zero-order chi connectivity index (χ0) is 15.4. The van der Waals surface area contributed by atoms with E-state index in [-0.39, 0.29) is 17.9 Å². The molecule has 1 N–H and O–H groups in total. The van der Waals surface area contributed by atoms with Crippen LogP contribution in [-0.4, -0.2) is 65.5 Å². The molecule has 2 amide bonds. The fourth-order valence-corrected chi connectivity index (χ4v) is 4.67. The van der Waals surface area contributed by atoms with E-state index in [1.54, 1.807) is 11.8 Å². The molecule has 2 heterocycles. The van der Waals surface area contributed by atoms with Crippen LogP contribution in [0.2, 0.25) is 0 Å². The summed E-state index contributed by atoms with van der Waals surface area (Å²) in [5, 5.41) is 3.25. The lowest BCUT2D eigenvalue weighted by atomic mass is 9.88. The van der Waals surface area contributed by atoms with Gasteiger partial charge < -0.3 is 9.80 Å². The summed E-state index contributed by atoms with van der Waals surface area (Å²) in [5.41, 5.74) is 0. The highest BCUT2D eigenvalue weighted by molar-refractivity contribution is 7.99. The predicted molar refractivity (Wildman–Crippen MR) is 88.6 cm³/mol. The lowest BCUT2D eigenvalue weighted by molar-refractivity contribution is -0.137. The van der Waals surface area contributed by atoms with Crippen molar-refractivity contribution >= 4 is 23.6 Å². The van der Waals surface area contributed by atoms with Crippen molar-refractivity contribution in [3.05, 3.63) is 0 Å².